The minimum absolute atomic E-state index is 0.682. The molecule has 12 rings (SSSR count). The maximum absolute atomic E-state index is 6.60. The van der Waals surface area contributed by atoms with E-state index in [9.17, 15) is 0 Å². The van der Waals surface area contributed by atoms with Crippen LogP contribution in [0.15, 0.2) is 168 Å². The summed E-state index contributed by atoms with van der Waals surface area (Å²) in [6, 6.07) is 57.6. The molecule has 0 saturated carbocycles. The van der Waals surface area contributed by atoms with Gasteiger partial charge < -0.3 is 8.98 Å². The van der Waals surface area contributed by atoms with Crippen LogP contribution in [-0.4, -0.2) is 19.5 Å². The van der Waals surface area contributed by atoms with Crippen LogP contribution in [0.1, 0.15) is 18.7 Å². The van der Waals surface area contributed by atoms with Crippen molar-refractivity contribution in [2.45, 2.75) is 12.8 Å². The fourth-order valence-corrected chi connectivity index (χ4v) is 9.99. The summed E-state index contributed by atoms with van der Waals surface area (Å²) in [4.78, 5) is 15.4. The molecule has 5 nitrogen and oxygen atoms in total. The second-order valence-corrected chi connectivity index (χ2v) is 15.7. The predicted octanol–water partition coefficient (Wildman–Crippen LogP) is 11.9. The van der Waals surface area contributed by atoms with Gasteiger partial charge in [0.25, 0.3) is 0 Å². The van der Waals surface area contributed by atoms with Crippen molar-refractivity contribution in [1.82, 2.24) is 19.5 Å². The molecule has 268 valence electrons. The summed E-state index contributed by atoms with van der Waals surface area (Å²) >= 11 is 1.85. The van der Waals surface area contributed by atoms with E-state index in [1.54, 1.807) is 0 Å². The van der Waals surface area contributed by atoms with Crippen molar-refractivity contribution in [3.63, 3.8) is 0 Å². The van der Waals surface area contributed by atoms with Gasteiger partial charge in [0.1, 0.15) is 11.2 Å². The minimum atomic E-state index is 0.682. The minimum Gasteiger partial charge on any atom is -0.456 e. The van der Waals surface area contributed by atoms with E-state index in [1.807, 2.05) is 47.7 Å². The second kappa shape index (κ2) is 12.7. The summed E-state index contributed by atoms with van der Waals surface area (Å²) in [6.07, 6.45) is 4.16. The van der Waals surface area contributed by atoms with E-state index in [0.717, 1.165) is 68.6 Å². The smallest absolute Gasteiger partial charge is 0.164 e. The highest BCUT2D eigenvalue weighted by Crippen LogP contribution is 2.38. The number of rotatable bonds is 5. The molecular weight excluding hydrogens is 717 g/mol. The molecule has 0 radical (unpaired) electrons. The lowest BCUT2D eigenvalue weighted by Crippen LogP contribution is -2.26. The average Bonchev–Trinajstić information content (AvgIpc) is 3.96. The van der Waals surface area contributed by atoms with E-state index in [2.05, 4.69) is 138 Å². The number of fused-ring (bicyclic) bond motifs is 9. The molecule has 0 unspecified atom stereocenters. The third kappa shape index (κ3) is 5.11. The molecule has 0 aliphatic heterocycles. The molecule has 57 heavy (non-hydrogen) atoms. The van der Waals surface area contributed by atoms with E-state index < -0.39 is 0 Å². The first-order valence-corrected chi connectivity index (χ1v) is 20.1. The number of hydrogen-bond donors (Lipinski definition) is 0. The summed E-state index contributed by atoms with van der Waals surface area (Å²) in [7, 11) is 0. The number of nitrogens with zero attached hydrogens (tertiary/aromatic N) is 4. The van der Waals surface area contributed by atoms with Crippen LogP contribution in [0.4, 0.5) is 0 Å². The Kier molecular flexibility index (Phi) is 7.16. The molecule has 7 aromatic carbocycles. The Balaban J connectivity index is 1.04. The molecule has 0 saturated heterocycles. The van der Waals surface area contributed by atoms with Gasteiger partial charge in [0.2, 0.25) is 0 Å². The van der Waals surface area contributed by atoms with Crippen LogP contribution in [0.3, 0.4) is 0 Å². The standard InChI is InChI=1S/C51H32N4OS/c1-3-13-31(14-4-1)49-52-50(32-15-5-2-6-16-32)54-51(53-49)39-20-12-24-46-48(39)47-35(19-11-23-45(47)57-46)33-25-28-43-40(29-33)38-27-26-34(30-44(38)56-43)55-41-21-9-7-17-36(41)37-18-8-10-22-42(37)55/h1-11,13-19,21-30H,12,20H2. The molecule has 0 fully saturated rings. The van der Waals surface area contributed by atoms with Gasteiger partial charge in [0.15, 0.2) is 17.5 Å². The monoisotopic (exact) mass is 748 g/mol. The molecule has 0 amide bonds. The quantitative estimate of drug-likeness (QED) is 0.176. The third-order valence-electron chi connectivity index (χ3n) is 11.3. The number of para-hydroxylation sites is 2. The Bertz CT molecular complexity index is 3410. The van der Waals surface area contributed by atoms with Crippen LogP contribution in [0.2, 0.25) is 0 Å². The maximum atomic E-state index is 6.60. The van der Waals surface area contributed by atoms with Crippen molar-refractivity contribution in [2.24, 2.45) is 0 Å². The zero-order valence-electron chi connectivity index (χ0n) is 30.7. The molecule has 4 heterocycles. The molecule has 6 heteroatoms. The van der Waals surface area contributed by atoms with Crippen LogP contribution in [0.5, 0.6) is 0 Å². The molecule has 1 aliphatic rings. The number of furan rings is 1. The number of aromatic nitrogens is 4. The van der Waals surface area contributed by atoms with Gasteiger partial charge in [-0.25, -0.2) is 15.0 Å². The Morgan fingerprint density at radius 3 is 1.89 bits per heavy atom. The van der Waals surface area contributed by atoms with E-state index in [0.29, 0.717) is 11.6 Å². The summed E-state index contributed by atoms with van der Waals surface area (Å²) in [5.41, 5.74) is 10.6. The zero-order chi connectivity index (χ0) is 37.5. The van der Waals surface area contributed by atoms with Crippen molar-refractivity contribution >= 4 is 76.8 Å². The largest absolute Gasteiger partial charge is 0.456 e. The Hall–Kier alpha value is -7.15. The first-order valence-electron chi connectivity index (χ1n) is 19.3. The van der Waals surface area contributed by atoms with Gasteiger partial charge in [-0.2, -0.15) is 0 Å². The van der Waals surface area contributed by atoms with Crippen LogP contribution in [0.25, 0.3) is 105 Å². The van der Waals surface area contributed by atoms with Gasteiger partial charge in [-0.1, -0.05) is 121 Å². The number of thiophene rings is 1. The molecule has 4 aromatic heterocycles. The van der Waals surface area contributed by atoms with Crippen molar-refractivity contribution in [3.05, 3.63) is 179 Å². The second-order valence-electron chi connectivity index (χ2n) is 14.6. The highest BCUT2D eigenvalue weighted by Gasteiger charge is 2.21. The first-order chi connectivity index (χ1) is 28.2. The van der Waals surface area contributed by atoms with Crippen LogP contribution < -0.4 is 9.75 Å². The topological polar surface area (TPSA) is 56.7 Å². The van der Waals surface area contributed by atoms with E-state index in [1.165, 1.54) is 47.2 Å². The van der Waals surface area contributed by atoms with E-state index in [4.69, 9.17) is 19.4 Å². The lowest BCUT2D eigenvalue weighted by atomic mass is 9.95. The fraction of sp³-hybridized carbons (Fsp3) is 0.0392. The summed E-state index contributed by atoms with van der Waals surface area (Å²) < 4.78 is 11.5. The van der Waals surface area contributed by atoms with Crippen LogP contribution in [-0.2, 0) is 0 Å². The summed E-state index contributed by atoms with van der Waals surface area (Å²) in [6.45, 7) is 0. The van der Waals surface area contributed by atoms with Gasteiger partial charge in [0.05, 0.1) is 11.0 Å². The molecular formula is C51H32N4OS. The van der Waals surface area contributed by atoms with Crippen LogP contribution in [0, 0.1) is 0 Å². The van der Waals surface area contributed by atoms with Crippen molar-refractivity contribution in [1.29, 1.82) is 0 Å². The lowest BCUT2D eigenvalue weighted by molar-refractivity contribution is 0.668. The van der Waals surface area contributed by atoms with Gasteiger partial charge in [0, 0.05) is 69.8 Å². The van der Waals surface area contributed by atoms with Crippen LogP contribution >= 0.6 is 11.3 Å². The van der Waals surface area contributed by atoms with Crippen molar-refractivity contribution in [3.8, 4) is 39.6 Å². The lowest BCUT2D eigenvalue weighted by Gasteiger charge is -2.13. The van der Waals surface area contributed by atoms with Gasteiger partial charge in [-0.3, -0.25) is 0 Å². The van der Waals surface area contributed by atoms with E-state index >= 15 is 0 Å². The van der Waals surface area contributed by atoms with Crippen molar-refractivity contribution < 1.29 is 4.42 Å². The predicted molar refractivity (Wildman–Crippen MR) is 235 cm³/mol. The highest BCUT2D eigenvalue weighted by atomic mass is 32.1. The maximum Gasteiger partial charge on any atom is 0.164 e. The third-order valence-corrected chi connectivity index (χ3v) is 12.5. The number of hydrogen-bond acceptors (Lipinski definition) is 5. The normalized spacial score (nSPS) is 12.9. The average molecular weight is 749 g/mol. The van der Waals surface area contributed by atoms with E-state index in [-0.39, 0.29) is 0 Å². The number of benzene rings is 7. The zero-order valence-corrected chi connectivity index (χ0v) is 31.5. The SMILES string of the molecule is C1=c2sc3cccc(-c4ccc5oc6cc(-n7c8ccccc8c8ccccc87)ccc6c5c4)c3c2=C(c2nc(-c3ccccc3)nc(-c3ccccc3)n2)CC1. The fourth-order valence-electron chi connectivity index (χ4n) is 8.76. The Morgan fingerprint density at radius 2 is 1.18 bits per heavy atom. The molecule has 1 aliphatic carbocycles. The van der Waals surface area contributed by atoms with Crippen molar-refractivity contribution in [2.75, 3.05) is 0 Å². The Morgan fingerprint density at radius 1 is 0.509 bits per heavy atom. The first kappa shape index (κ1) is 32.1. The molecule has 11 aromatic rings. The Labute approximate surface area is 331 Å². The van der Waals surface area contributed by atoms with Gasteiger partial charge in [-0.15, -0.1) is 11.3 Å². The molecule has 0 spiro atoms. The molecule has 0 N–H and O–H groups in total. The molecule has 0 atom stereocenters. The summed E-state index contributed by atoms with van der Waals surface area (Å²) in [5, 5.41) is 7.17. The summed E-state index contributed by atoms with van der Waals surface area (Å²) in [5.74, 6) is 2.10. The van der Waals surface area contributed by atoms with Gasteiger partial charge in [-0.05, 0) is 66.4 Å². The highest BCUT2D eigenvalue weighted by molar-refractivity contribution is 7.17. The molecule has 0 bridgehead atoms. The van der Waals surface area contributed by atoms with Gasteiger partial charge >= 0.3 is 0 Å².